The Bertz CT molecular complexity index is 1050. The average Bonchev–Trinajstić information content (AvgIpc) is 2.81. The SMILES string of the molecule is CCC[C@]1(CO)CN(C(=O)c2c[nH]c3cc(N4CCOCC4)c(F)cc3c2=O)CC[C@@H]1O. The van der Waals surface area contributed by atoms with Gasteiger partial charge in [-0.2, -0.15) is 0 Å². The van der Waals surface area contributed by atoms with E-state index in [4.69, 9.17) is 4.74 Å². The highest BCUT2D eigenvalue weighted by Crippen LogP contribution is 2.35. The van der Waals surface area contributed by atoms with E-state index in [-0.39, 0.29) is 30.6 Å². The Morgan fingerprint density at radius 2 is 2.06 bits per heavy atom. The van der Waals surface area contributed by atoms with Gasteiger partial charge in [-0.05, 0) is 25.0 Å². The minimum absolute atomic E-state index is 0.0734. The van der Waals surface area contributed by atoms with Gasteiger partial charge in [0.2, 0.25) is 5.43 Å². The fourth-order valence-electron chi connectivity index (χ4n) is 4.91. The summed E-state index contributed by atoms with van der Waals surface area (Å²) in [6.07, 6.45) is 2.31. The van der Waals surface area contributed by atoms with Crippen molar-refractivity contribution in [1.82, 2.24) is 9.88 Å². The van der Waals surface area contributed by atoms with Crippen molar-refractivity contribution in [3.63, 3.8) is 0 Å². The van der Waals surface area contributed by atoms with Crippen LogP contribution in [-0.2, 0) is 4.74 Å². The molecule has 0 radical (unpaired) electrons. The van der Waals surface area contributed by atoms with Crippen LogP contribution < -0.4 is 10.3 Å². The maximum Gasteiger partial charge on any atom is 0.259 e. The van der Waals surface area contributed by atoms with E-state index >= 15 is 0 Å². The second kappa shape index (κ2) is 9.17. The summed E-state index contributed by atoms with van der Waals surface area (Å²) in [5, 5.41) is 20.5. The number of aliphatic hydroxyl groups is 2. The molecule has 32 heavy (non-hydrogen) atoms. The summed E-state index contributed by atoms with van der Waals surface area (Å²) in [6, 6.07) is 2.78. The number of fused-ring (bicyclic) bond motifs is 1. The first-order valence-electron chi connectivity index (χ1n) is 11.2. The molecule has 2 aliphatic rings. The number of amides is 1. The van der Waals surface area contributed by atoms with Crippen molar-refractivity contribution in [3.8, 4) is 0 Å². The number of morpholine rings is 1. The van der Waals surface area contributed by atoms with Gasteiger partial charge in [-0.3, -0.25) is 9.59 Å². The molecule has 1 aromatic heterocycles. The number of carbonyl (C=O) groups is 1. The molecule has 2 aromatic rings. The van der Waals surface area contributed by atoms with E-state index in [2.05, 4.69) is 4.98 Å². The molecule has 2 fully saturated rings. The van der Waals surface area contributed by atoms with Crippen LogP contribution in [0, 0.1) is 11.2 Å². The fourth-order valence-corrected chi connectivity index (χ4v) is 4.91. The number of aromatic amines is 1. The van der Waals surface area contributed by atoms with Gasteiger partial charge >= 0.3 is 0 Å². The van der Waals surface area contributed by atoms with Gasteiger partial charge in [-0.25, -0.2) is 4.39 Å². The van der Waals surface area contributed by atoms with Crippen LogP contribution in [-0.4, -0.2) is 78.1 Å². The Hall–Kier alpha value is -2.49. The van der Waals surface area contributed by atoms with E-state index in [0.29, 0.717) is 50.3 Å². The van der Waals surface area contributed by atoms with Gasteiger partial charge < -0.3 is 29.7 Å². The number of hydrogen-bond donors (Lipinski definition) is 3. The van der Waals surface area contributed by atoms with Crippen LogP contribution in [0.3, 0.4) is 0 Å². The number of H-pyrrole nitrogens is 1. The molecule has 0 saturated carbocycles. The Balaban J connectivity index is 1.65. The molecular weight excluding hydrogens is 417 g/mol. The number of benzene rings is 1. The van der Waals surface area contributed by atoms with E-state index in [0.717, 1.165) is 6.42 Å². The van der Waals surface area contributed by atoms with Gasteiger partial charge in [0, 0.05) is 43.2 Å². The van der Waals surface area contributed by atoms with Gasteiger partial charge in [0.05, 0.1) is 37.1 Å². The van der Waals surface area contributed by atoms with E-state index in [1.165, 1.54) is 17.2 Å². The molecule has 8 nitrogen and oxygen atoms in total. The van der Waals surface area contributed by atoms with Gasteiger partial charge in [0.15, 0.2) is 0 Å². The van der Waals surface area contributed by atoms with E-state index in [1.807, 2.05) is 11.8 Å². The number of halogens is 1. The lowest BCUT2D eigenvalue weighted by molar-refractivity contribution is -0.0720. The van der Waals surface area contributed by atoms with Crippen molar-refractivity contribution in [2.75, 3.05) is 50.9 Å². The predicted octanol–water partition coefficient (Wildman–Crippen LogP) is 1.49. The molecule has 0 unspecified atom stereocenters. The number of piperidine rings is 1. The van der Waals surface area contributed by atoms with Crippen LogP contribution in [0.2, 0.25) is 0 Å². The Morgan fingerprint density at radius 3 is 2.75 bits per heavy atom. The third kappa shape index (κ3) is 4.00. The number of pyridine rings is 1. The molecule has 0 bridgehead atoms. The summed E-state index contributed by atoms with van der Waals surface area (Å²) >= 11 is 0. The van der Waals surface area contributed by atoms with Crippen LogP contribution >= 0.6 is 0 Å². The number of likely N-dealkylation sites (tertiary alicyclic amines) is 1. The second-order valence-corrected chi connectivity index (χ2v) is 8.78. The van der Waals surface area contributed by atoms with Crippen LogP contribution in [0.25, 0.3) is 10.9 Å². The number of anilines is 1. The fraction of sp³-hybridized carbons (Fsp3) is 0.565. The minimum Gasteiger partial charge on any atom is -0.396 e. The monoisotopic (exact) mass is 447 g/mol. The molecule has 3 heterocycles. The summed E-state index contributed by atoms with van der Waals surface area (Å²) < 4.78 is 20.2. The number of aromatic nitrogens is 1. The number of rotatable bonds is 5. The molecule has 3 N–H and O–H groups in total. The molecule has 4 rings (SSSR count). The number of nitrogens with zero attached hydrogens (tertiary/aromatic N) is 2. The van der Waals surface area contributed by atoms with Crippen LogP contribution in [0.1, 0.15) is 36.5 Å². The summed E-state index contributed by atoms with van der Waals surface area (Å²) in [5.74, 6) is -0.996. The number of ether oxygens (including phenoxy) is 1. The highest BCUT2D eigenvalue weighted by molar-refractivity contribution is 5.97. The number of aliphatic hydroxyl groups excluding tert-OH is 2. The van der Waals surface area contributed by atoms with E-state index < -0.39 is 28.7 Å². The van der Waals surface area contributed by atoms with Crippen molar-refractivity contribution in [3.05, 3.63) is 39.9 Å². The first-order valence-corrected chi connectivity index (χ1v) is 11.2. The summed E-state index contributed by atoms with van der Waals surface area (Å²) in [5.41, 5.74) is -0.555. The Labute approximate surface area is 185 Å². The molecule has 0 aliphatic carbocycles. The standard InChI is InChI=1S/C23H30FN3O5/c1-2-4-23(14-28)13-27(5-3-20(23)29)22(31)16-12-25-18-11-19(26-6-8-32-9-7-26)17(24)10-15(18)21(16)30/h10-12,20,28-29H,2-9,13-14H2,1H3,(H,25,30)/t20-,23+/m0/s1. The summed E-state index contributed by atoms with van der Waals surface area (Å²) in [7, 11) is 0. The van der Waals surface area contributed by atoms with E-state index in [1.54, 1.807) is 6.07 Å². The highest BCUT2D eigenvalue weighted by Gasteiger charge is 2.43. The lowest BCUT2D eigenvalue weighted by Crippen LogP contribution is -2.55. The summed E-state index contributed by atoms with van der Waals surface area (Å²) in [4.78, 5) is 32.7. The van der Waals surface area contributed by atoms with Crippen molar-refractivity contribution in [2.24, 2.45) is 5.41 Å². The third-order valence-electron chi connectivity index (χ3n) is 6.77. The molecule has 2 atom stereocenters. The summed E-state index contributed by atoms with van der Waals surface area (Å²) in [6.45, 7) is 4.32. The molecule has 9 heteroatoms. The minimum atomic E-state index is -0.800. The van der Waals surface area contributed by atoms with Gasteiger partial charge in [-0.15, -0.1) is 0 Å². The number of nitrogens with one attached hydrogen (secondary N) is 1. The Morgan fingerprint density at radius 1 is 1.31 bits per heavy atom. The molecular formula is C23H30FN3O5. The molecule has 2 aliphatic heterocycles. The van der Waals surface area contributed by atoms with Crippen molar-refractivity contribution >= 4 is 22.5 Å². The molecule has 174 valence electrons. The van der Waals surface area contributed by atoms with Gasteiger partial charge in [0.1, 0.15) is 11.4 Å². The lowest BCUT2D eigenvalue weighted by atomic mass is 9.74. The maximum absolute atomic E-state index is 14.9. The normalized spacial score (nSPS) is 24.2. The lowest BCUT2D eigenvalue weighted by Gasteiger charge is -2.45. The number of carbonyl (C=O) groups excluding carboxylic acids is 1. The number of hydrogen-bond acceptors (Lipinski definition) is 6. The van der Waals surface area contributed by atoms with Crippen LogP contribution in [0.4, 0.5) is 10.1 Å². The quantitative estimate of drug-likeness (QED) is 0.641. The van der Waals surface area contributed by atoms with Crippen LogP contribution in [0.15, 0.2) is 23.1 Å². The highest BCUT2D eigenvalue weighted by atomic mass is 19.1. The zero-order valence-corrected chi connectivity index (χ0v) is 18.3. The predicted molar refractivity (Wildman–Crippen MR) is 119 cm³/mol. The Kier molecular flexibility index (Phi) is 6.50. The van der Waals surface area contributed by atoms with Crippen LogP contribution in [0.5, 0.6) is 0 Å². The third-order valence-corrected chi connectivity index (χ3v) is 6.77. The molecule has 1 aromatic carbocycles. The first-order chi connectivity index (χ1) is 15.4. The van der Waals surface area contributed by atoms with Crippen molar-refractivity contribution in [2.45, 2.75) is 32.3 Å². The first kappa shape index (κ1) is 22.7. The molecule has 1 amide bonds. The van der Waals surface area contributed by atoms with Gasteiger partial charge in [0.25, 0.3) is 5.91 Å². The van der Waals surface area contributed by atoms with Crippen molar-refractivity contribution in [1.29, 1.82) is 0 Å². The second-order valence-electron chi connectivity index (χ2n) is 8.78. The topological polar surface area (TPSA) is 106 Å². The molecule has 2 saturated heterocycles. The zero-order valence-electron chi connectivity index (χ0n) is 18.3. The van der Waals surface area contributed by atoms with E-state index in [9.17, 15) is 24.2 Å². The zero-order chi connectivity index (χ0) is 22.9. The largest absolute Gasteiger partial charge is 0.396 e. The van der Waals surface area contributed by atoms with Crippen molar-refractivity contribution < 1.29 is 24.1 Å². The smallest absolute Gasteiger partial charge is 0.259 e. The maximum atomic E-state index is 14.9. The van der Waals surface area contributed by atoms with Gasteiger partial charge in [-0.1, -0.05) is 13.3 Å². The average molecular weight is 448 g/mol. The molecule has 0 spiro atoms.